The zero-order valence-electron chi connectivity index (χ0n) is 12.5. The summed E-state index contributed by atoms with van der Waals surface area (Å²) in [6.45, 7) is 4.54. The van der Waals surface area contributed by atoms with E-state index in [1.165, 1.54) is 6.07 Å². The Kier molecular flexibility index (Phi) is 7.84. The number of rotatable bonds is 9. The third-order valence-electron chi connectivity index (χ3n) is 3.37. The van der Waals surface area contributed by atoms with Crippen LogP contribution >= 0.6 is 15.9 Å². The monoisotopic (exact) mass is 379 g/mol. The Labute approximate surface area is 135 Å². The largest absolute Gasteiger partial charge is 0.310 e. The molecule has 3 nitrogen and oxygen atoms in total. The molecule has 1 aromatic rings. The predicted molar refractivity (Wildman–Crippen MR) is 88.7 cm³/mol. The molecule has 120 valence electrons. The summed E-state index contributed by atoms with van der Waals surface area (Å²) in [4.78, 5) is 0. The van der Waals surface area contributed by atoms with E-state index in [1.54, 1.807) is 13.0 Å². The molecule has 0 fully saturated rings. The molecule has 0 spiro atoms. The summed E-state index contributed by atoms with van der Waals surface area (Å²) < 4.78 is 37.2. The van der Waals surface area contributed by atoms with Gasteiger partial charge in [0.2, 0.25) is 0 Å². The molecule has 0 aromatic heterocycles. The first-order chi connectivity index (χ1) is 9.89. The van der Waals surface area contributed by atoms with Gasteiger partial charge in [0.25, 0.3) is 0 Å². The highest BCUT2D eigenvalue weighted by Crippen LogP contribution is 2.24. The van der Waals surface area contributed by atoms with Crippen molar-refractivity contribution in [3.8, 4) is 0 Å². The lowest BCUT2D eigenvalue weighted by Crippen LogP contribution is -2.23. The van der Waals surface area contributed by atoms with Gasteiger partial charge in [0, 0.05) is 11.8 Å². The summed E-state index contributed by atoms with van der Waals surface area (Å²) in [5, 5.41) is 3.36. The van der Waals surface area contributed by atoms with Crippen molar-refractivity contribution < 1.29 is 12.8 Å². The van der Waals surface area contributed by atoms with Crippen molar-refractivity contribution in [1.29, 1.82) is 0 Å². The fraction of sp³-hybridized carbons (Fsp3) is 0.600. The lowest BCUT2D eigenvalue weighted by atomic mass is 10.0. The average molecular weight is 380 g/mol. The van der Waals surface area contributed by atoms with Gasteiger partial charge in [-0.2, -0.15) is 0 Å². The van der Waals surface area contributed by atoms with Gasteiger partial charge >= 0.3 is 0 Å². The van der Waals surface area contributed by atoms with Crippen LogP contribution in [0.1, 0.15) is 44.7 Å². The topological polar surface area (TPSA) is 46.2 Å². The van der Waals surface area contributed by atoms with E-state index in [2.05, 4.69) is 28.2 Å². The molecule has 1 atom stereocenters. The van der Waals surface area contributed by atoms with Gasteiger partial charge in [-0.25, -0.2) is 12.8 Å². The molecular formula is C15H23BrFNO2S. The number of hydrogen-bond acceptors (Lipinski definition) is 3. The van der Waals surface area contributed by atoms with Crippen molar-refractivity contribution in [2.75, 3.05) is 18.1 Å². The fourth-order valence-corrected chi connectivity index (χ4v) is 3.23. The standard InChI is InChI=1S/C15H23BrFNO2S/c1-3-9-18-15(6-5-10-21(19,20)4-2)12-7-8-13(16)14(17)11-12/h7-8,11,15,18H,3-6,9-10H2,1-2H3. The van der Waals surface area contributed by atoms with Crippen molar-refractivity contribution >= 4 is 25.8 Å². The third-order valence-corrected chi connectivity index (χ3v) is 5.81. The summed E-state index contributed by atoms with van der Waals surface area (Å²) in [6.07, 6.45) is 2.23. The van der Waals surface area contributed by atoms with Gasteiger partial charge in [0.05, 0.1) is 10.2 Å². The van der Waals surface area contributed by atoms with E-state index in [9.17, 15) is 12.8 Å². The van der Waals surface area contributed by atoms with Gasteiger partial charge in [-0.05, 0) is 59.4 Å². The van der Waals surface area contributed by atoms with Gasteiger partial charge in [0.1, 0.15) is 15.7 Å². The Morgan fingerprint density at radius 1 is 1.33 bits per heavy atom. The Bertz CT molecular complexity index is 549. The molecule has 1 N–H and O–H groups in total. The average Bonchev–Trinajstić information content (AvgIpc) is 2.45. The maximum atomic E-state index is 13.7. The van der Waals surface area contributed by atoms with Crippen LogP contribution < -0.4 is 5.32 Å². The van der Waals surface area contributed by atoms with E-state index in [-0.39, 0.29) is 23.4 Å². The first kappa shape index (κ1) is 18.6. The first-order valence-electron chi connectivity index (χ1n) is 7.28. The second-order valence-electron chi connectivity index (χ2n) is 5.06. The van der Waals surface area contributed by atoms with Gasteiger partial charge < -0.3 is 5.32 Å². The molecule has 0 bridgehead atoms. The number of benzene rings is 1. The molecule has 0 saturated heterocycles. The molecule has 0 heterocycles. The van der Waals surface area contributed by atoms with Gasteiger partial charge in [-0.3, -0.25) is 0 Å². The van der Waals surface area contributed by atoms with E-state index >= 15 is 0 Å². The summed E-state index contributed by atoms with van der Waals surface area (Å²) >= 11 is 3.14. The lowest BCUT2D eigenvalue weighted by molar-refractivity contribution is 0.488. The van der Waals surface area contributed by atoms with Gasteiger partial charge in [0.15, 0.2) is 0 Å². The molecule has 1 unspecified atom stereocenters. The molecule has 0 amide bonds. The van der Waals surface area contributed by atoms with Crippen LogP contribution in [0, 0.1) is 5.82 Å². The zero-order valence-corrected chi connectivity index (χ0v) is 14.9. The second kappa shape index (κ2) is 8.86. The summed E-state index contributed by atoms with van der Waals surface area (Å²) in [7, 11) is -2.94. The minimum absolute atomic E-state index is 0.0143. The number of nitrogens with one attached hydrogen (secondary N) is 1. The third kappa shape index (κ3) is 6.45. The van der Waals surface area contributed by atoms with E-state index in [0.29, 0.717) is 17.3 Å². The highest BCUT2D eigenvalue weighted by Gasteiger charge is 2.14. The molecule has 0 aliphatic heterocycles. The van der Waals surface area contributed by atoms with Crippen molar-refractivity contribution in [3.63, 3.8) is 0 Å². The maximum absolute atomic E-state index is 13.7. The predicted octanol–water partition coefficient (Wildman–Crippen LogP) is 3.84. The molecule has 21 heavy (non-hydrogen) atoms. The van der Waals surface area contributed by atoms with Crippen LogP contribution in [-0.4, -0.2) is 26.5 Å². The Morgan fingerprint density at radius 2 is 2.05 bits per heavy atom. The minimum Gasteiger partial charge on any atom is -0.310 e. The zero-order chi connectivity index (χ0) is 15.9. The van der Waals surface area contributed by atoms with Crippen molar-refractivity contribution in [1.82, 2.24) is 5.32 Å². The van der Waals surface area contributed by atoms with Crippen LogP contribution in [0.25, 0.3) is 0 Å². The minimum atomic E-state index is -2.94. The SMILES string of the molecule is CCCNC(CCCS(=O)(=O)CC)c1ccc(Br)c(F)c1. The molecular weight excluding hydrogens is 357 g/mol. The smallest absolute Gasteiger partial charge is 0.150 e. The van der Waals surface area contributed by atoms with Crippen molar-refractivity contribution in [3.05, 3.63) is 34.1 Å². The van der Waals surface area contributed by atoms with E-state index in [4.69, 9.17) is 0 Å². The van der Waals surface area contributed by atoms with E-state index in [1.807, 2.05) is 6.07 Å². The quantitative estimate of drug-likeness (QED) is 0.708. The van der Waals surface area contributed by atoms with Crippen LogP contribution in [0.5, 0.6) is 0 Å². The normalized spacial score (nSPS) is 13.3. The molecule has 0 saturated carbocycles. The first-order valence-corrected chi connectivity index (χ1v) is 9.89. The van der Waals surface area contributed by atoms with E-state index < -0.39 is 9.84 Å². The Hall–Kier alpha value is -0.460. The highest BCUT2D eigenvalue weighted by molar-refractivity contribution is 9.10. The Morgan fingerprint density at radius 3 is 2.62 bits per heavy atom. The molecule has 1 aromatic carbocycles. The van der Waals surface area contributed by atoms with Crippen LogP contribution in [0.15, 0.2) is 22.7 Å². The van der Waals surface area contributed by atoms with Crippen LogP contribution in [-0.2, 0) is 9.84 Å². The van der Waals surface area contributed by atoms with Crippen molar-refractivity contribution in [2.45, 2.75) is 39.2 Å². The van der Waals surface area contributed by atoms with Crippen molar-refractivity contribution in [2.24, 2.45) is 0 Å². The summed E-state index contributed by atoms with van der Waals surface area (Å²) in [6, 6.07) is 5.05. The maximum Gasteiger partial charge on any atom is 0.150 e. The summed E-state index contributed by atoms with van der Waals surface area (Å²) in [5.74, 6) is 0.0664. The second-order valence-corrected chi connectivity index (χ2v) is 8.39. The lowest BCUT2D eigenvalue weighted by Gasteiger charge is -2.19. The Balaban J connectivity index is 2.73. The number of halogens is 2. The van der Waals surface area contributed by atoms with Crippen LogP contribution in [0.4, 0.5) is 4.39 Å². The molecule has 1 rings (SSSR count). The van der Waals surface area contributed by atoms with Crippen LogP contribution in [0.3, 0.4) is 0 Å². The molecule has 0 aliphatic rings. The molecule has 0 radical (unpaired) electrons. The molecule has 0 aliphatic carbocycles. The summed E-state index contributed by atoms with van der Waals surface area (Å²) in [5.41, 5.74) is 0.859. The van der Waals surface area contributed by atoms with Crippen LogP contribution in [0.2, 0.25) is 0 Å². The number of sulfone groups is 1. The number of hydrogen-bond donors (Lipinski definition) is 1. The van der Waals surface area contributed by atoms with Gasteiger partial charge in [-0.1, -0.05) is 19.9 Å². The highest BCUT2D eigenvalue weighted by atomic mass is 79.9. The fourth-order valence-electron chi connectivity index (χ4n) is 2.09. The molecule has 6 heteroatoms. The van der Waals surface area contributed by atoms with Gasteiger partial charge in [-0.15, -0.1) is 0 Å². The van der Waals surface area contributed by atoms with E-state index in [0.717, 1.165) is 18.5 Å².